The quantitative estimate of drug-likeness (QED) is 0.537. The van der Waals surface area contributed by atoms with Crippen molar-refractivity contribution in [2.45, 2.75) is 19.8 Å². The molecule has 1 amide bonds. The second-order valence-corrected chi connectivity index (χ2v) is 3.96. The van der Waals surface area contributed by atoms with Gasteiger partial charge in [-0.2, -0.15) is 0 Å². The molecule has 0 aliphatic carbocycles. The number of nitrogens with two attached hydrogens (primary N) is 1. The molecule has 0 heterocycles. The number of nitrogens with one attached hydrogen (secondary N) is 2. The van der Waals surface area contributed by atoms with E-state index >= 15 is 0 Å². The van der Waals surface area contributed by atoms with Crippen LogP contribution in [0.3, 0.4) is 0 Å². The van der Waals surface area contributed by atoms with Gasteiger partial charge in [-0.25, -0.2) is 0 Å². The number of carbonyl (C=O) groups excluding carboxylic acids is 1. The second-order valence-electron chi connectivity index (χ2n) is 3.52. The number of hydrazine groups is 1. The lowest BCUT2D eigenvalue weighted by molar-refractivity contribution is -0.121. The van der Waals surface area contributed by atoms with Crippen LogP contribution in [0.2, 0.25) is 0 Å². The molecule has 4 N–H and O–H groups in total. The van der Waals surface area contributed by atoms with Crippen molar-refractivity contribution < 1.29 is 4.79 Å². The first-order valence-electron chi connectivity index (χ1n) is 4.98. The fourth-order valence-electron chi connectivity index (χ4n) is 1.21. The van der Waals surface area contributed by atoms with Crippen LogP contribution in [0.4, 0.5) is 0 Å². The Hall–Kier alpha value is -1.62. The highest BCUT2D eigenvalue weighted by Gasteiger charge is 2.01. The minimum absolute atomic E-state index is 0.0590. The predicted molar refractivity (Wildman–Crippen MR) is 67.6 cm³/mol. The van der Waals surface area contributed by atoms with Crippen LogP contribution in [-0.4, -0.2) is 11.0 Å². The molecule has 0 aromatic heterocycles. The zero-order valence-corrected chi connectivity index (χ0v) is 9.93. The molecule has 0 saturated heterocycles. The van der Waals surface area contributed by atoms with E-state index in [4.69, 9.17) is 5.73 Å². The van der Waals surface area contributed by atoms with Crippen LogP contribution in [0.5, 0.6) is 0 Å². The molecule has 1 aromatic rings. The molecule has 0 saturated carbocycles. The molecule has 0 spiro atoms. The van der Waals surface area contributed by atoms with E-state index in [0.29, 0.717) is 12.8 Å². The van der Waals surface area contributed by atoms with Gasteiger partial charge < -0.3 is 5.73 Å². The van der Waals surface area contributed by atoms with Crippen LogP contribution in [0.1, 0.15) is 17.5 Å². The molecule has 0 radical (unpaired) electrons. The lowest BCUT2D eigenvalue weighted by Gasteiger charge is -2.06. The average molecular weight is 237 g/mol. The van der Waals surface area contributed by atoms with E-state index in [1.807, 2.05) is 31.2 Å². The van der Waals surface area contributed by atoms with Gasteiger partial charge in [-0.3, -0.25) is 15.6 Å². The number of hydrogen-bond acceptors (Lipinski definition) is 2. The topological polar surface area (TPSA) is 67.2 Å². The van der Waals surface area contributed by atoms with Crippen molar-refractivity contribution in [2.24, 2.45) is 5.73 Å². The Balaban J connectivity index is 2.31. The normalized spacial score (nSPS) is 9.56. The molecule has 1 aromatic carbocycles. The predicted octanol–water partition coefficient (Wildman–Crippen LogP) is 0.792. The molecule has 4 nitrogen and oxygen atoms in total. The molecule has 0 atom stereocenters. The van der Waals surface area contributed by atoms with Crippen molar-refractivity contribution in [3.05, 3.63) is 35.4 Å². The third-order valence-electron chi connectivity index (χ3n) is 2.09. The minimum Gasteiger partial charge on any atom is -0.375 e. The number of carbonyl (C=O) groups is 1. The van der Waals surface area contributed by atoms with E-state index in [1.54, 1.807) is 0 Å². The standard InChI is InChI=1S/C11H15N3OS/c1-8-2-4-9(5-3-8)6-7-10(15)13-14-11(12)16/h2-5H,6-7H2,1H3,(H,13,15)(H3,12,14,16). The van der Waals surface area contributed by atoms with E-state index in [-0.39, 0.29) is 11.0 Å². The third-order valence-corrected chi connectivity index (χ3v) is 2.19. The summed E-state index contributed by atoms with van der Waals surface area (Å²) in [6, 6.07) is 8.09. The lowest BCUT2D eigenvalue weighted by Crippen LogP contribution is -2.44. The summed E-state index contributed by atoms with van der Waals surface area (Å²) < 4.78 is 0. The number of thiocarbonyl (C=S) groups is 1. The van der Waals surface area contributed by atoms with Gasteiger partial charge in [0.05, 0.1) is 0 Å². The highest BCUT2D eigenvalue weighted by molar-refractivity contribution is 7.80. The Morgan fingerprint density at radius 1 is 1.31 bits per heavy atom. The van der Waals surface area contributed by atoms with Crippen LogP contribution in [0.15, 0.2) is 24.3 Å². The van der Waals surface area contributed by atoms with Gasteiger partial charge in [-0.1, -0.05) is 29.8 Å². The van der Waals surface area contributed by atoms with Gasteiger partial charge in [-0.15, -0.1) is 0 Å². The van der Waals surface area contributed by atoms with Crippen LogP contribution in [0, 0.1) is 6.92 Å². The Morgan fingerprint density at radius 3 is 2.50 bits per heavy atom. The number of amides is 1. The van der Waals surface area contributed by atoms with Crippen molar-refractivity contribution in [3.8, 4) is 0 Å². The fraction of sp³-hybridized carbons (Fsp3) is 0.273. The summed E-state index contributed by atoms with van der Waals surface area (Å²) in [7, 11) is 0. The van der Waals surface area contributed by atoms with Crippen LogP contribution in [-0.2, 0) is 11.2 Å². The Morgan fingerprint density at radius 2 is 1.94 bits per heavy atom. The van der Waals surface area contributed by atoms with Gasteiger partial charge in [0.25, 0.3) is 0 Å². The fourth-order valence-corrected chi connectivity index (χ4v) is 1.26. The first-order valence-corrected chi connectivity index (χ1v) is 5.38. The summed E-state index contributed by atoms with van der Waals surface area (Å²) in [5.74, 6) is -0.131. The summed E-state index contributed by atoms with van der Waals surface area (Å²) in [4.78, 5) is 11.3. The Labute approximate surface area is 100 Å². The molecule has 0 aliphatic rings. The monoisotopic (exact) mass is 237 g/mol. The molecule has 0 unspecified atom stereocenters. The van der Waals surface area contributed by atoms with Crippen LogP contribution < -0.4 is 16.6 Å². The highest BCUT2D eigenvalue weighted by atomic mass is 32.1. The van der Waals surface area contributed by atoms with E-state index in [9.17, 15) is 4.79 Å². The van der Waals surface area contributed by atoms with Gasteiger partial charge in [-0.05, 0) is 31.1 Å². The van der Waals surface area contributed by atoms with Crippen molar-refractivity contribution in [3.63, 3.8) is 0 Å². The van der Waals surface area contributed by atoms with E-state index in [1.165, 1.54) is 5.56 Å². The summed E-state index contributed by atoms with van der Waals surface area (Å²) in [6.07, 6.45) is 1.10. The number of hydrogen-bond donors (Lipinski definition) is 3. The molecule has 1 rings (SSSR count). The highest BCUT2D eigenvalue weighted by Crippen LogP contribution is 2.05. The maximum atomic E-state index is 11.3. The van der Waals surface area contributed by atoms with Gasteiger partial charge in [0, 0.05) is 6.42 Å². The smallest absolute Gasteiger partial charge is 0.238 e. The molecule has 5 heteroatoms. The Bertz CT molecular complexity index is 375. The number of aryl methyl sites for hydroxylation is 2. The first kappa shape index (κ1) is 12.4. The molecular weight excluding hydrogens is 222 g/mol. The summed E-state index contributed by atoms with van der Waals surface area (Å²) in [5.41, 5.74) is 12.3. The Kier molecular flexibility index (Phi) is 4.72. The lowest BCUT2D eigenvalue weighted by atomic mass is 10.1. The zero-order valence-electron chi connectivity index (χ0n) is 9.12. The van der Waals surface area contributed by atoms with Crippen molar-refractivity contribution >= 4 is 23.2 Å². The largest absolute Gasteiger partial charge is 0.375 e. The number of rotatable bonds is 3. The maximum Gasteiger partial charge on any atom is 0.238 e. The molecule has 16 heavy (non-hydrogen) atoms. The second kappa shape index (κ2) is 6.07. The van der Waals surface area contributed by atoms with Gasteiger partial charge in [0.1, 0.15) is 0 Å². The van der Waals surface area contributed by atoms with Crippen molar-refractivity contribution in [1.82, 2.24) is 10.9 Å². The first-order chi connectivity index (χ1) is 7.58. The van der Waals surface area contributed by atoms with Crippen molar-refractivity contribution in [2.75, 3.05) is 0 Å². The molecule has 0 fully saturated rings. The van der Waals surface area contributed by atoms with Crippen LogP contribution >= 0.6 is 12.2 Å². The van der Waals surface area contributed by atoms with E-state index in [0.717, 1.165) is 5.56 Å². The van der Waals surface area contributed by atoms with Crippen molar-refractivity contribution in [1.29, 1.82) is 0 Å². The third kappa shape index (κ3) is 4.75. The van der Waals surface area contributed by atoms with Gasteiger partial charge >= 0.3 is 0 Å². The van der Waals surface area contributed by atoms with Gasteiger partial charge in [0.15, 0.2) is 5.11 Å². The van der Waals surface area contributed by atoms with E-state index < -0.39 is 0 Å². The molecular formula is C11H15N3OS. The van der Waals surface area contributed by atoms with E-state index in [2.05, 4.69) is 23.1 Å². The zero-order chi connectivity index (χ0) is 12.0. The average Bonchev–Trinajstić information content (AvgIpc) is 2.25. The summed E-state index contributed by atoms with van der Waals surface area (Å²) >= 11 is 4.56. The maximum absolute atomic E-state index is 11.3. The minimum atomic E-state index is -0.131. The van der Waals surface area contributed by atoms with Gasteiger partial charge in [0.2, 0.25) is 5.91 Å². The van der Waals surface area contributed by atoms with Crippen LogP contribution in [0.25, 0.3) is 0 Å². The summed E-state index contributed by atoms with van der Waals surface area (Å²) in [6.45, 7) is 2.03. The molecule has 0 aliphatic heterocycles. The SMILES string of the molecule is Cc1ccc(CCC(=O)NNC(N)=S)cc1. The molecule has 0 bridgehead atoms. The molecule has 86 valence electrons. The summed E-state index contributed by atoms with van der Waals surface area (Å²) in [5, 5.41) is 0.0590. The number of benzene rings is 1.